The van der Waals surface area contributed by atoms with Crippen LogP contribution in [0.15, 0.2) is 24.5 Å². The van der Waals surface area contributed by atoms with Gasteiger partial charge >= 0.3 is 0 Å². The Morgan fingerprint density at radius 3 is 2.95 bits per heavy atom. The van der Waals surface area contributed by atoms with Crippen molar-refractivity contribution in [3.05, 3.63) is 35.7 Å². The lowest BCUT2D eigenvalue weighted by Crippen LogP contribution is -2.23. The summed E-state index contributed by atoms with van der Waals surface area (Å²) in [4.78, 5) is 12.0. The maximum atomic E-state index is 12.0. The summed E-state index contributed by atoms with van der Waals surface area (Å²) >= 11 is 0. The van der Waals surface area contributed by atoms with Crippen LogP contribution in [0.3, 0.4) is 0 Å². The molecule has 4 N–H and O–H groups in total. The summed E-state index contributed by atoms with van der Waals surface area (Å²) in [5.74, 6) is 0.823. The molecule has 0 radical (unpaired) electrons. The zero-order chi connectivity index (χ0) is 13.2. The number of anilines is 1. The predicted molar refractivity (Wildman–Crippen MR) is 66.7 cm³/mol. The fourth-order valence-corrected chi connectivity index (χ4v) is 1.81. The minimum absolute atomic E-state index is 0.148. The number of ether oxygens (including phenoxy) is 2. The van der Waals surface area contributed by atoms with Crippen molar-refractivity contribution >= 4 is 11.6 Å². The zero-order valence-electron chi connectivity index (χ0n) is 9.97. The molecule has 7 heteroatoms. The van der Waals surface area contributed by atoms with Gasteiger partial charge < -0.3 is 20.5 Å². The standard InChI is InChI=1S/C12H12N4O3/c13-9-2-11-10(18-6-19-11)1-8(9)12(17)14-3-7-4-15-16-5-7/h1-2,4-5H,3,6,13H2,(H,14,17)(H,15,16). The van der Waals surface area contributed by atoms with E-state index < -0.39 is 0 Å². The van der Waals surface area contributed by atoms with Gasteiger partial charge in [0, 0.05) is 30.1 Å². The highest BCUT2D eigenvalue weighted by Crippen LogP contribution is 2.35. The highest BCUT2D eigenvalue weighted by molar-refractivity contribution is 6.00. The molecule has 2 heterocycles. The van der Waals surface area contributed by atoms with Gasteiger partial charge in [-0.3, -0.25) is 9.89 Å². The molecule has 0 bridgehead atoms. The van der Waals surface area contributed by atoms with Crippen LogP contribution in [-0.2, 0) is 6.54 Å². The van der Waals surface area contributed by atoms with E-state index in [-0.39, 0.29) is 12.7 Å². The Kier molecular flexibility index (Phi) is 2.71. The van der Waals surface area contributed by atoms with E-state index in [1.165, 1.54) is 0 Å². The van der Waals surface area contributed by atoms with Crippen molar-refractivity contribution in [1.82, 2.24) is 15.5 Å². The fourth-order valence-electron chi connectivity index (χ4n) is 1.81. The first-order chi connectivity index (χ1) is 9.24. The predicted octanol–water partition coefficient (Wildman–Crippen LogP) is 0.651. The molecule has 0 saturated heterocycles. The molecule has 1 aromatic carbocycles. The summed E-state index contributed by atoms with van der Waals surface area (Å²) in [7, 11) is 0. The van der Waals surface area contributed by atoms with Crippen molar-refractivity contribution in [2.75, 3.05) is 12.5 Å². The monoisotopic (exact) mass is 260 g/mol. The molecule has 0 saturated carbocycles. The molecular weight excluding hydrogens is 248 g/mol. The van der Waals surface area contributed by atoms with Crippen molar-refractivity contribution < 1.29 is 14.3 Å². The summed E-state index contributed by atoms with van der Waals surface area (Å²) in [6, 6.07) is 3.18. The van der Waals surface area contributed by atoms with Gasteiger partial charge in [0.15, 0.2) is 11.5 Å². The van der Waals surface area contributed by atoms with Crippen molar-refractivity contribution in [2.24, 2.45) is 0 Å². The number of hydrogen-bond donors (Lipinski definition) is 3. The molecule has 0 aliphatic carbocycles. The van der Waals surface area contributed by atoms with Crippen molar-refractivity contribution in [1.29, 1.82) is 0 Å². The van der Waals surface area contributed by atoms with Crippen LogP contribution in [0.5, 0.6) is 11.5 Å². The maximum absolute atomic E-state index is 12.0. The molecule has 1 aromatic heterocycles. The van der Waals surface area contributed by atoms with Gasteiger partial charge in [0.05, 0.1) is 11.8 Å². The van der Waals surface area contributed by atoms with Gasteiger partial charge in [-0.2, -0.15) is 5.10 Å². The lowest BCUT2D eigenvalue weighted by molar-refractivity contribution is 0.0951. The second-order valence-corrected chi connectivity index (χ2v) is 4.08. The number of aromatic nitrogens is 2. The number of carbonyl (C=O) groups is 1. The molecule has 0 fully saturated rings. The number of aromatic amines is 1. The number of nitrogen functional groups attached to an aromatic ring is 1. The molecule has 1 aliphatic heterocycles. The highest BCUT2D eigenvalue weighted by Gasteiger charge is 2.19. The van der Waals surface area contributed by atoms with Gasteiger partial charge in [-0.15, -0.1) is 0 Å². The Morgan fingerprint density at radius 2 is 2.21 bits per heavy atom. The van der Waals surface area contributed by atoms with Gasteiger partial charge in [0.2, 0.25) is 6.79 Å². The number of nitrogens with two attached hydrogens (primary N) is 1. The van der Waals surface area contributed by atoms with Gasteiger partial charge in [-0.25, -0.2) is 0 Å². The fraction of sp³-hybridized carbons (Fsp3) is 0.167. The SMILES string of the molecule is Nc1cc2c(cc1C(=O)NCc1cn[nH]c1)OCO2. The minimum Gasteiger partial charge on any atom is -0.454 e. The van der Waals surface area contributed by atoms with E-state index in [1.807, 2.05) is 0 Å². The second kappa shape index (κ2) is 4.52. The highest BCUT2D eigenvalue weighted by atomic mass is 16.7. The lowest BCUT2D eigenvalue weighted by Gasteiger charge is -2.07. The number of carbonyl (C=O) groups excluding carboxylic acids is 1. The smallest absolute Gasteiger partial charge is 0.253 e. The summed E-state index contributed by atoms with van der Waals surface area (Å²) in [6.45, 7) is 0.526. The molecule has 1 aliphatic rings. The molecule has 0 spiro atoms. The van der Waals surface area contributed by atoms with E-state index in [1.54, 1.807) is 24.5 Å². The molecule has 3 rings (SSSR count). The average Bonchev–Trinajstić information content (AvgIpc) is 3.05. The van der Waals surface area contributed by atoms with Crippen LogP contribution < -0.4 is 20.5 Å². The Hall–Kier alpha value is -2.70. The van der Waals surface area contributed by atoms with E-state index in [0.29, 0.717) is 29.3 Å². The van der Waals surface area contributed by atoms with Gasteiger partial charge in [-0.1, -0.05) is 0 Å². The molecule has 7 nitrogen and oxygen atoms in total. The largest absolute Gasteiger partial charge is 0.454 e. The van der Waals surface area contributed by atoms with Crippen LogP contribution in [0.2, 0.25) is 0 Å². The minimum atomic E-state index is -0.267. The Balaban J connectivity index is 1.76. The topological polar surface area (TPSA) is 102 Å². The first kappa shape index (κ1) is 11.4. The number of benzene rings is 1. The van der Waals surface area contributed by atoms with Gasteiger partial charge in [0.1, 0.15) is 0 Å². The second-order valence-electron chi connectivity index (χ2n) is 4.08. The number of rotatable bonds is 3. The molecule has 98 valence electrons. The van der Waals surface area contributed by atoms with Crippen molar-refractivity contribution in [2.45, 2.75) is 6.54 Å². The maximum Gasteiger partial charge on any atom is 0.253 e. The average molecular weight is 260 g/mol. The number of amides is 1. The summed E-state index contributed by atoms with van der Waals surface area (Å²) < 4.78 is 10.4. The number of fused-ring (bicyclic) bond motifs is 1. The van der Waals surface area contributed by atoms with Crippen molar-refractivity contribution in [3.8, 4) is 11.5 Å². The van der Waals surface area contributed by atoms with Crippen LogP contribution in [0, 0.1) is 0 Å². The third-order valence-electron chi connectivity index (χ3n) is 2.80. The van der Waals surface area contributed by atoms with Crippen LogP contribution in [-0.4, -0.2) is 22.9 Å². The number of hydrogen-bond acceptors (Lipinski definition) is 5. The van der Waals surface area contributed by atoms with Crippen LogP contribution in [0.4, 0.5) is 5.69 Å². The molecule has 1 amide bonds. The Morgan fingerprint density at radius 1 is 1.42 bits per heavy atom. The summed E-state index contributed by atoms with van der Waals surface area (Å²) in [5.41, 5.74) is 7.43. The van der Waals surface area contributed by atoms with Crippen molar-refractivity contribution in [3.63, 3.8) is 0 Å². The first-order valence-electron chi connectivity index (χ1n) is 5.69. The summed E-state index contributed by atoms with van der Waals surface area (Å²) in [5, 5.41) is 9.23. The third-order valence-corrected chi connectivity index (χ3v) is 2.80. The Labute approximate surface area is 108 Å². The zero-order valence-corrected chi connectivity index (χ0v) is 9.97. The van der Waals surface area contributed by atoms with Crippen LogP contribution in [0.1, 0.15) is 15.9 Å². The molecule has 0 atom stereocenters. The third kappa shape index (κ3) is 2.17. The molecule has 0 unspecified atom stereocenters. The van der Waals surface area contributed by atoms with Crippen LogP contribution in [0.25, 0.3) is 0 Å². The summed E-state index contributed by atoms with van der Waals surface area (Å²) in [6.07, 6.45) is 3.35. The lowest BCUT2D eigenvalue weighted by atomic mass is 10.1. The number of nitrogens with zero attached hydrogens (tertiary/aromatic N) is 1. The van der Waals surface area contributed by atoms with E-state index >= 15 is 0 Å². The quantitative estimate of drug-likeness (QED) is 0.703. The molecule has 19 heavy (non-hydrogen) atoms. The van der Waals surface area contributed by atoms with E-state index in [0.717, 1.165) is 5.56 Å². The normalized spacial score (nSPS) is 12.4. The van der Waals surface area contributed by atoms with Gasteiger partial charge in [0.25, 0.3) is 5.91 Å². The number of nitrogens with one attached hydrogen (secondary N) is 2. The molecular formula is C12H12N4O3. The molecule has 2 aromatic rings. The number of H-pyrrole nitrogens is 1. The first-order valence-corrected chi connectivity index (χ1v) is 5.69. The van der Waals surface area contributed by atoms with E-state index in [2.05, 4.69) is 15.5 Å². The van der Waals surface area contributed by atoms with Crippen LogP contribution >= 0.6 is 0 Å². The Bertz CT molecular complexity index is 610. The van der Waals surface area contributed by atoms with E-state index in [4.69, 9.17) is 15.2 Å². The van der Waals surface area contributed by atoms with Gasteiger partial charge in [-0.05, 0) is 6.07 Å². The van der Waals surface area contributed by atoms with E-state index in [9.17, 15) is 4.79 Å².